The quantitative estimate of drug-likeness (QED) is 0.607. The lowest BCUT2D eigenvalue weighted by Gasteiger charge is -2.17. The second kappa shape index (κ2) is 8.31. The van der Waals surface area contributed by atoms with E-state index in [0.717, 1.165) is 11.3 Å². The van der Waals surface area contributed by atoms with Crippen molar-refractivity contribution in [3.05, 3.63) is 90.0 Å². The molecule has 3 aromatic rings. The van der Waals surface area contributed by atoms with Gasteiger partial charge in [-0.05, 0) is 48.5 Å². The first-order valence-corrected chi connectivity index (χ1v) is 9.14. The molecule has 6 heteroatoms. The summed E-state index contributed by atoms with van der Waals surface area (Å²) in [6.45, 7) is 0.224. The molecule has 4 rings (SSSR count). The lowest BCUT2D eigenvalue weighted by atomic mass is 10.1. The Bertz CT molecular complexity index is 1060. The highest BCUT2D eigenvalue weighted by atomic mass is 16.5. The van der Waals surface area contributed by atoms with E-state index in [0.29, 0.717) is 22.6 Å². The molecule has 0 aliphatic carbocycles. The average molecular weight is 385 g/mol. The number of para-hydroxylation sites is 2. The monoisotopic (exact) mass is 385 g/mol. The van der Waals surface area contributed by atoms with E-state index in [2.05, 4.69) is 16.0 Å². The van der Waals surface area contributed by atoms with Gasteiger partial charge in [0, 0.05) is 22.6 Å². The molecule has 0 fully saturated rings. The SMILES string of the molecule is O=C(Nc1ccccc1)Nc1ccc(NC(=O)C2=Cc3ccccc3OC2)cc1. The first kappa shape index (κ1) is 18.3. The molecule has 144 valence electrons. The summed E-state index contributed by atoms with van der Waals surface area (Å²) in [6.07, 6.45) is 1.83. The van der Waals surface area contributed by atoms with Crippen LogP contribution < -0.4 is 20.7 Å². The molecule has 0 atom stereocenters. The summed E-state index contributed by atoms with van der Waals surface area (Å²) in [6, 6.07) is 23.3. The molecule has 0 unspecified atom stereocenters. The number of ether oxygens (including phenoxy) is 1. The van der Waals surface area contributed by atoms with Gasteiger partial charge in [0.25, 0.3) is 5.91 Å². The molecule has 29 heavy (non-hydrogen) atoms. The van der Waals surface area contributed by atoms with Gasteiger partial charge in [-0.25, -0.2) is 4.79 Å². The van der Waals surface area contributed by atoms with Crippen LogP contribution in [0.2, 0.25) is 0 Å². The first-order valence-electron chi connectivity index (χ1n) is 9.14. The van der Waals surface area contributed by atoms with Crippen molar-refractivity contribution in [1.29, 1.82) is 0 Å². The fraction of sp³-hybridized carbons (Fsp3) is 0.0435. The van der Waals surface area contributed by atoms with E-state index >= 15 is 0 Å². The lowest BCUT2D eigenvalue weighted by Crippen LogP contribution is -2.21. The molecule has 3 aromatic carbocycles. The van der Waals surface area contributed by atoms with Crippen LogP contribution in [0.15, 0.2) is 84.4 Å². The van der Waals surface area contributed by atoms with Crippen molar-refractivity contribution in [2.75, 3.05) is 22.6 Å². The summed E-state index contributed by atoms with van der Waals surface area (Å²) in [5.41, 5.74) is 3.38. The van der Waals surface area contributed by atoms with Crippen molar-refractivity contribution < 1.29 is 14.3 Å². The summed E-state index contributed by atoms with van der Waals surface area (Å²) < 4.78 is 5.62. The molecule has 0 aromatic heterocycles. The molecule has 0 saturated heterocycles. The van der Waals surface area contributed by atoms with Crippen LogP contribution in [0.3, 0.4) is 0 Å². The lowest BCUT2D eigenvalue weighted by molar-refractivity contribution is -0.113. The number of anilines is 3. The third-order valence-electron chi connectivity index (χ3n) is 4.36. The van der Waals surface area contributed by atoms with Crippen LogP contribution in [0.5, 0.6) is 5.75 Å². The van der Waals surface area contributed by atoms with Gasteiger partial charge in [-0.2, -0.15) is 0 Å². The molecule has 1 aliphatic rings. The molecular formula is C23H19N3O3. The second-order valence-corrected chi connectivity index (χ2v) is 6.47. The summed E-state index contributed by atoms with van der Waals surface area (Å²) >= 11 is 0. The summed E-state index contributed by atoms with van der Waals surface area (Å²) in [7, 11) is 0. The number of carbonyl (C=O) groups is 2. The van der Waals surface area contributed by atoms with Gasteiger partial charge >= 0.3 is 6.03 Å². The van der Waals surface area contributed by atoms with E-state index in [9.17, 15) is 9.59 Å². The van der Waals surface area contributed by atoms with Crippen molar-refractivity contribution >= 4 is 35.1 Å². The molecular weight excluding hydrogens is 366 g/mol. The van der Waals surface area contributed by atoms with E-state index < -0.39 is 0 Å². The molecule has 1 aliphatic heterocycles. The van der Waals surface area contributed by atoms with Crippen molar-refractivity contribution in [3.63, 3.8) is 0 Å². The van der Waals surface area contributed by atoms with Crippen LogP contribution in [0, 0.1) is 0 Å². The number of urea groups is 1. The van der Waals surface area contributed by atoms with E-state index in [1.54, 1.807) is 36.4 Å². The van der Waals surface area contributed by atoms with Crippen molar-refractivity contribution in [2.45, 2.75) is 0 Å². The van der Waals surface area contributed by atoms with E-state index in [-0.39, 0.29) is 18.5 Å². The number of carbonyl (C=O) groups excluding carboxylic acids is 2. The zero-order chi connectivity index (χ0) is 20.1. The minimum Gasteiger partial charge on any atom is -0.488 e. The minimum absolute atomic E-state index is 0.220. The summed E-state index contributed by atoms with van der Waals surface area (Å²) in [5.74, 6) is 0.551. The highest BCUT2D eigenvalue weighted by Gasteiger charge is 2.17. The number of fused-ring (bicyclic) bond motifs is 1. The van der Waals surface area contributed by atoms with Crippen molar-refractivity contribution in [2.24, 2.45) is 0 Å². The van der Waals surface area contributed by atoms with E-state index in [1.807, 2.05) is 48.5 Å². The van der Waals surface area contributed by atoms with Gasteiger partial charge in [-0.1, -0.05) is 36.4 Å². The predicted octanol–water partition coefficient (Wildman–Crippen LogP) is 4.75. The average Bonchev–Trinajstić information content (AvgIpc) is 2.75. The van der Waals surface area contributed by atoms with Crippen LogP contribution in [0.1, 0.15) is 5.56 Å². The maximum atomic E-state index is 12.5. The topological polar surface area (TPSA) is 79.5 Å². The van der Waals surface area contributed by atoms with Gasteiger partial charge in [-0.15, -0.1) is 0 Å². The first-order chi connectivity index (χ1) is 14.2. The predicted molar refractivity (Wildman–Crippen MR) is 114 cm³/mol. The normalized spacial score (nSPS) is 12.1. The second-order valence-electron chi connectivity index (χ2n) is 6.47. The Morgan fingerprint density at radius 2 is 1.28 bits per heavy atom. The number of amides is 3. The number of rotatable bonds is 4. The zero-order valence-electron chi connectivity index (χ0n) is 15.5. The van der Waals surface area contributed by atoms with Gasteiger partial charge in [0.05, 0.1) is 5.57 Å². The Morgan fingerprint density at radius 3 is 2.00 bits per heavy atom. The molecule has 0 bridgehead atoms. The largest absolute Gasteiger partial charge is 0.488 e. The zero-order valence-corrected chi connectivity index (χ0v) is 15.5. The minimum atomic E-state index is -0.337. The Labute approximate surface area is 168 Å². The number of nitrogens with one attached hydrogen (secondary N) is 3. The van der Waals surface area contributed by atoms with Crippen molar-refractivity contribution in [1.82, 2.24) is 0 Å². The number of benzene rings is 3. The summed E-state index contributed by atoms with van der Waals surface area (Å²) in [4.78, 5) is 24.5. The van der Waals surface area contributed by atoms with Gasteiger partial charge in [0.1, 0.15) is 12.4 Å². The Morgan fingerprint density at radius 1 is 0.690 bits per heavy atom. The summed E-state index contributed by atoms with van der Waals surface area (Å²) in [5, 5.41) is 8.35. The van der Waals surface area contributed by atoms with Crippen LogP contribution in [0.25, 0.3) is 6.08 Å². The van der Waals surface area contributed by atoms with Crippen LogP contribution >= 0.6 is 0 Å². The van der Waals surface area contributed by atoms with Gasteiger partial charge < -0.3 is 20.7 Å². The fourth-order valence-corrected chi connectivity index (χ4v) is 2.91. The number of hydrogen-bond acceptors (Lipinski definition) is 3. The van der Waals surface area contributed by atoms with Crippen LogP contribution in [-0.2, 0) is 4.79 Å². The molecule has 0 spiro atoms. The fourth-order valence-electron chi connectivity index (χ4n) is 2.91. The maximum Gasteiger partial charge on any atom is 0.323 e. The molecule has 0 saturated carbocycles. The number of hydrogen-bond donors (Lipinski definition) is 3. The van der Waals surface area contributed by atoms with E-state index in [1.165, 1.54) is 0 Å². The molecule has 3 N–H and O–H groups in total. The van der Waals surface area contributed by atoms with E-state index in [4.69, 9.17) is 4.74 Å². The molecule has 0 radical (unpaired) electrons. The standard InChI is InChI=1S/C23H19N3O3/c27-22(17-14-16-6-4-5-9-21(16)29-15-17)24-19-10-12-20(13-11-19)26-23(28)25-18-7-2-1-3-8-18/h1-14H,15H2,(H,24,27)(H2,25,26,28). The highest BCUT2D eigenvalue weighted by molar-refractivity contribution is 6.07. The van der Waals surface area contributed by atoms with Crippen LogP contribution in [-0.4, -0.2) is 18.5 Å². The molecule has 1 heterocycles. The third-order valence-corrected chi connectivity index (χ3v) is 4.36. The van der Waals surface area contributed by atoms with Gasteiger partial charge in [-0.3, -0.25) is 4.79 Å². The van der Waals surface area contributed by atoms with Crippen LogP contribution in [0.4, 0.5) is 21.9 Å². The maximum absolute atomic E-state index is 12.5. The molecule has 3 amide bonds. The highest BCUT2D eigenvalue weighted by Crippen LogP contribution is 2.26. The Kier molecular flexibility index (Phi) is 5.25. The van der Waals surface area contributed by atoms with Gasteiger partial charge in [0.15, 0.2) is 0 Å². The smallest absolute Gasteiger partial charge is 0.323 e. The Hall–Kier alpha value is -4.06. The van der Waals surface area contributed by atoms with Crippen molar-refractivity contribution in [3.8, 4) is 5.75 Å². The third kappa shape index (κ3) is 4.62. The Balaban J connectivity index is 1.35. The van der Waals surface area contributed by atoms with Gasteiger partial charge in [0.2, 0.25) is 0 Å². The molecule has 6 nitrogen and oxygen atoms in total.